The fourth-order valence-corrected chi connectivity index (χ4v) is 2.24. The second kappa shape index (κ2) is 8.97. The van der Waals surface area contributed by atoms with Crippen molar-refractivity contribution in [3.8, 4) is 0 Å². The second-order valence-corrected chi connectivity index (χ2v) is 5.20. The number of unbranched alkanes of at least 4 members (excludes halogenated alkanes) is 3. The van der Waals surface area contributed by atoms with Crippen molar-refractivity contribution in [1.29, 1.82) is 0 Å². The second-order valence-electron chi connectivity index (χ2n) is 4.15. The molecule has 0 aliphatic heterocycles. The number of carbonyl (C=O) groups is 1. The van der Waals surface area contributed by atoms with Crippen molar-refractivity contribution in [1.82, 2.24) is 5.32 Å². The average Bonchev–Trinajstić information content (AvgIpc) is 2.38. The molecule has 0 radical (unpaired) electrons. The van der Waals surface area contributed by atoms with Gasteiger partial charge in [-0.3, -0.25) is 4.79 Å². The minimum Gasteiger partial charge on any atom is -0.355 e. The van der Waals surface area contributed by atoms with Gasteiger partial charge in [0, 0.05) is 11.4 Å². The van der Waals surface area contributed by atoms with E-state index < -0.39 is 0 Å². The number of hydrogen-bond acceptors (Lipinski definition) is 2. The van der Waals surface area contributed by atoms with Crippen LogP contribution in [0.4, 0.5) is 4.39 Å². The normalized spacial score (nSPS) is 10.3. The van der Waals surface area contributed by atoms with E-state index in [1.54, 1.807) is 12.1 Å². The molecule has 18 heavy (non-hydrogen) atoms. The van der Waals surface area contributed by atoms with Gasteiger partial charge in [-0.05, 0) is 30.7 Å². The van der Waals surface area contributed by atoms with Crippen molar-refractivity contribution in [3.63, 3.8) is 0 Å². The highest BCUT2D eigenvalue weighted by Gasteiger charge is 2.02. The zero-order valence-electron chi connectivity index (χ0n) is 10.7. The third-order valence-electron chi connectivity index (χ3n) is 2.54. The molecule has 0 fully saturated rings. The molecule has 0 aromatic heterocycles. The molecule has 0 heterocycles. The number of nitrogens with one attached hydrogen (secondary N) is 1. The Balaban J connectivity index is 2.11. The summed E-state index contributed by atoms with van der Waals surface area (Å²) in [6.07, 6.45) is 4.64. The van der Waals surface area contributed by atoms with Crippen LogP contribution in [0.3, 0.4) is 0 Å². The Morgan fingerprint density at radius 3 is 2.61 bits per heavy atom. The fraction of sp³-hybridized carbons (Fsp3) is 0.500. The summed E-state index contributed by atoms with van der Waals surface area (Å²) in [6, 6.07) is 6.19. The van der Waals surface area contributed by atoms with Crippen LogP contribution in [-0.4, -0.2) is 18.2 Å². The largest absolute Gasteiger partial charge is 0.355 e. The first-order chi connectivity index (χ1) is 8.72. The first-order valence-electron chi connectivity index (χ1n) is 6.37. The Hall–Kier alpha value is -1.03. The van der Waals surface area contributed by atoms with Crippen LogP contribution in [-0.2, 0) is 4.79 Å². The van der Waals surface area contributed by atoms with E-state index in [0.717, 1.165) is 17.9 Å². The molecule has 1 rings (SSSR count). The molecule has 1 N–H and O–H groups in total. The summed E-state index contributed by atoms with van der Waals surface area (Å²) in [5.74, 6) is 0.180. The maximum absolute atomic E-state index is 12.7. The Kier molecular flexibility index (Phi) is 7.49. The molecule has 0 aliphatic carbocycles. The molecular weight excluding hydrogens is 249 g/mol. The van der Waals surface area contributed by atoms with E-state index in [2.05, 4.69) is 12.2 Å². The topological polar surface area (TPSA) is 29.1 Å². The zero-order chi connectivity index (χ0) is 13.2. The van der Waals surface area contributed by atoms with Gasteiger partial charge < -0.3 is 5.32 Å². The quantitative estimate of drug-likeness (QED) is 0.577. The predicted molar refractivity (Wildman–Crippen MR) is 74.3 cm³/mol. The van der Waals surface area contributed by atoms with Crippen molar-refractivity contribution in [2.45, 2.75) is 37.5 Å². The van der Waals surface area contributed by atoms with Crippen LogP contribution < -0.4 is 5.32 Å². The lowest BCUT2D eigenvalue weighted by Crippen LogP contribution is -2.26. The predicted octanol–water partition coefficient (Wildman–Crippen LogP) is 3.61. The van der Waals surface area contributed by atoms with Gasteiger partial charge in [-0.1, -0.05) is 26.2 Å². The highest BCUT2D eigenvalue weighted by Crippen LogP contribution is 2.17. The molecule has 0 atom stereocenters. The van der Waals surface area contributed by atoms with Gasteiger partial charge in [-0.15, -0.1) is 11.8 Å². The number of rotatable bonds is 8. The highest BCUT2D eigenvalue weighted by atomic mass is 32.2. The molecule has 100 valence electrons. The molecule has 0 saturated heterocycles. The van der Waals surface area contributed by atoms with Crippen molar-refractivity contribution >= 4 is 17.7 Å². The van der Waals surface area contributed by atoms with E-state index in [9.17, 15) is 9.18 Å². The summed E-state index contributed by atoms with van der Waals surface area (Å²) < 4.78 is 12.7. The highest BCUT2D eigenvalue weighted by molar-refractivity contribution is 8.00. The Labute approximate surface area is 112 Å². The Morgan fingerprint density at radius 1 is 1.22 bits per heavy atom. The zero-order valence-corrected chi connectivity index (χ0v) is 11.6. The lowest BCUT2D eigenvalue weighted by Gasteiger charge is -2.05. The lowest BCUT2D eigenvalue weighted by molar-refractivity contribution is -0.118. The number of hydrogen-bond donors (Lipinski definition) is 1. The van der Waals surface area contributed by atoms with Crippen molar-refractivity contribution in [2.24, 2.45) is 0 Å². The van der Waals surface area contributed by atoms with E-state index in [4.69, 9.17) is 0 Å². The maximum atomic E-state index is 12.7. The minimum absolute atomic E-state index is 0.0424. The van der Waals surface area contributed by atoms with Gasteiger partial charge >= 0.3 is 0 Å². The molecule has 2 nitrogen and oxygen atoms in total. The molecule has 0 bridgehead atoms. The van der Waals surface area contributed by atoms with Crippen LogP contribution in [0.5, 0.6) is 0 Å². The first-order valence-corrected chi connectivity index (χ1v) is 7.36. The monoisotopic (exact) mass is 269 g/mol. The molecule has 4 heteroatoms. The maximum Gasteiger partial charge on any atom is 0.230 e. The van der Waals surface area contributed by atoms with Gasteiger partial charge in [0.25, 0.3) is 0 Å². The summed E-state index contributed by atoms with van der Waals surface area (Å²) in [5, 5.41) is 2.89. The van der Waals surface area contributed by atoms with E-state index in [1.165, 1.54) is 43.2 Å². The van der Waals surface area contributed by atoms with E-state index >= 15 is 0 Å². The smallest absolute Gasteiger partial charge is 0.230 e. The summed E-state index contributed by atoms with van der Waals surface area (Å²) in [7, 11) is 0. The molecule has 0 spiro atoms. The lowest BCUT2D eigenvalue weighted by atomic mass is 10.2. The van der Waals surface area contributed by atoms with E-state index in [0.29, 0.717) is 5.75 Å². The summed E-state index contributed by atoms with van der Waals surface area (Å²) in [5.41, 5.74) is 0. The summed E-state index contributed by atoms with van der Waals surface area (Å²) >= 11 is 1.43. The van der Waals surface area contributed by atoms with Gasteiger partial charge in [0.05, 0.1) is 5.75 Å². The Morgan fingerprint density at radius 2 is 1.94 bits per heavy atom. The molecule has 1 aromatic rings. The van der Waals surface area contributed by atoms with Gasteiger partial charge in [0.1, 0.15) is 5.82 Å². The number of thioether (sulfide) groups is 1. The standard InChI is InChI=1S/C14H20FNOS/c1-2-3-4-5-10-16-14(17)11-18-13-8-6-12(15)7-9-13/h6-9H,2-5,10-11H2,1H3,(H,16,17). The van der Waals surface area contributed by atoms with Crippen LogP contribution in [0, 0.1) is 5.82 Å². The van der Waals surface area contributed by atoms with Crippen LogP contribution >= 0.6 is 11.8 Å². The van der Waals surface area contributed by atoms with Crippen LogP contribution in [0.1, 0.15) is 32.6 Å². The summed E-state index contributed by atoms with van der Waals surface area (Å²) in [6.45, 7) is 2.92. The number of benzene rings is 1. The van der Waals surface area contributed by atoms with Gasteiger partial charge in [-0.25, -0.2) is 4.39 Å². The van der Waals surface area contributed by atoms with Crippen LogP contribution in [0.25, 0.3) is 0 Å². The summed E-state index contributed by atoms with van der Waals surface area (Å²) in [4.78, 5) is 12.4. The molecule has 1 aromatic carbocycles. The van der Waals surface area contributed by atoms with Crippen molar-refractivity contribution in [2.75, 3.05) is 12.3 Å². The number of amides is 1. The fourth-order valence-electron chi connectivity index (χ4n) is 1.51. The van der Waals surface area contributed by atoms with E-state index in [-0.39, 0.29) is 11.7 Å². The molecule has 1 amide bonds. The molecule has 0 saturated carbocycles. The van der Waals surface area contributed by atoms with Crippen molar-refractivity contribution in [3.05, 3.63) is 30.1 Å². The average molecular weight is 269 g/mol. The first kappa shape index (κ1) is 15.0. The molecular formula is C14H20FNOS. The van der Waals surface area contributed by atoms with Gasteiger partial charge in [-0.2, -0.15) is 0 Å². The molecule has 0 unspecified atom stereocenters. The van der Waals surface area contributed by atoms with Crippen molar-refractivity contribution < 1.29 is 9.18 Å². The number of halogens is 1. The van der Waals surface area contributed by atoms with Gasteiger partial charge in [0.2, 0.25) is 5.91 Å². The van der Waals surface area contributed by atoms with Crippen LogP contribution in [0.15, 0.2) is 29.2 Å². The van der Waals surface area contributed by atoms with Gasteiger partial charge in [0.15, 0.2) is 0 Å². The minimum atomic E-state index is -0.250. The molecule has 0 aliphatic rings. The SMILES string of the molecule is CCCCCCNC(=O)CSc1ccc(F)cc1. The number of carbonyl (C=O) groups excluding carboxylic acids is 1. The van der Waals surface area contributed by atoms with E-state index in [1.807, 2.05) is 0 Å². The third kappa shape index (κ3) is 6.64. The third-order valence-corrected chi connectivity index (χ3v) is 3.55. The van der Waals surface area contributed by atoms with Crippen LogP contribution in [0.2, 0.25) is 0 Å². The Bertz CT molecular complexity index is 353.